The Morgan fingerprint density at radius 3 is 2.31 bits per heavy atom. The van der Waals surface area contributed by atoms with E-state index in [-0.39, 0.29) is 64.5 Å². The second kappa shape index (κ2) is 8.53. The van der Waals surface area contributed by atoms with Gasteiger partial charge in [0, 0.05) is 0 Å². The summed E-state index contributed by atoms with van der Waals surface area (Å²) < 4.78 is 0. The molecule has 4 aliphatic carbocycles. The van der Waals surface area contributed by atoms with E-state index < -0.39 is 12.1 Å². The van der Waals surface area contributed by atoms with E-state index in [9.17, 15) is 25.2 Å². The first-order valence-corrected chi connectivity index (χ1v) is 13.2. The molecule has 0 aromatic rings. The average molecular weight is 451 g/mol. The van der Waals surface area contributed by atoms with Crippen LogP contribution in [0.1, 0.15) is 86.0 Å². The summed E-state index contributed by atoms with van der Waals surface area (Å²) in [5.41, 5.74) is -0.205. The average Bonchev–Trinajstić information content (AvgIpc) is 3.09. The molecule has 4 aliphatic rings. The van der Waals surface area contributed by atoms with Crippen molar-refractivity contribution in [3.63, 3.8) is 0 Å². The maximum absolute atomic E-state index is 11.8. The molecule has 0 radical (unpaired) electrons. The summed E-state index contributed by atoms with van der Waals surface area (Å²) >= 11 is 0. The van der Waals surface area contributed by atoms with Crippen LogP contribution in [-0.4, -0.2) is 44.7 Å². The number of carboxylic acid groups (broad SMARTS) is 1. The summed E-state index contributed by atoms with van der Waals surface area (Å²) in [6.07, 6.45) is 5.85. The maximum Gasteiger partial charge on any atom is 0.306 e. The van der Waals surface area contributed by atoms with Crippen LogP contribution in [0.5, 0.6) is 0 Å². The van der Waals surface area contributed by atoms with Gasteiger partial charge in [0.05, 0.1) is 24.2 Å². The lowest BCUT2D eigenvalue weighted by atomic mass is 9.41. The van der Waals surface area contributed by atoms with E-state index in [2.05, 4.69) is 27.7 Å². The Hall–Kier alpha value is -0.650. The minimum Gasteiger partial charge on any atom is -0.481 e. The minimum absolute atomic E-state index is 0.0631. The molecule has 184 valence electrons. The maximum atomic E-state index is 11.8. The summed E-state index contributed by atoms with van der Waals surface area (Å²) in [7, 11) is 0. The number of carboxylic acids is 1. The highest BCUT2D eigenvalue weighted by atomic mass is 16.4. The van der Waals surface area contributed by atoms with Crippen molar-refractivity contribution in [1.82, 2.24) is 0 Å². The summed E-state index contributed by atoms with van der Waals surface area (Å²) in [6, 6.07) is 0. The monoisotopic (exact) mass is 450 g/mol. The highest BCUT2D eigenvalue weighted by Gasteiger charge is 2.67. The standard InChI is InChI=1S/C27H46O5/c1-6-17-20-12-16(28)9-10-26(20,4)21-13-22(29)27(5)18(14(2)11-15(3)25(31)32)7-8-19(27)23(21)24(17)30/h14-24,28-30H,6-13H2,1-5H3,(H,31,32)/t14-,15-,16-,17-,18?,19+,20?,21+,22+,23?,24-,26?,27?/m1/s1. The van der Waals surface area contributed by atoms with E-state index in [1.165, 1.54) is 0 Å². The Bertz CT molecular complexity index is 710. The van der Waals surface area contributed by atoms with Crippen LogP contribution in [-0.2, 0) is 4.79 Å². The third kappa shape index (κ3) is 3.48. The molecule has 4 saturated carbocycles. The number of aliphatic carboxylic acids is 1. The second-order valence-electron chi connectivity index (χ2n) is 12.6. The van der Waals surface area contributed by atoms with Crippen molar-refractivity contribution < 1.29 is 25.2 Å². The van der Waals surface area contributed by atoms with Gasteiger partial charge < -0.3 is 20.4 Å². The van der Waals surface area contributed by atoms with E-state index in [1.807, 2.05) is 0 Å². The third-order valence-corrected chi connectivity index (χ3v) is 11.4. The Morgan fingerprint density at radius 2 is 1.69 bits per heavy atom. The molecular formula is C27H46O5. The summed E-state index contributed by atoms with van der Waals surface area (Å²) in [4.78, 5) is 11.5. The molecule has 4 N–H and O–H groups in total. The number of aliphatic hydroxyl groups is 3. The molecule has 0 spiro atoms. The van der Waals surface area contributed by atoms with Crippen molar-refractivity contribution >= 4 is 5.97 Å². The predicted octanol–water partition coefficient (Wildman–Crippen LogP) is 4.33. The molecular weight excluding hydrogens is 404 g/mol. The molecule has 0 aliphatic heterocycles. The topological polar surface area (TPSA) is 98.0 Å². The fraction of sp³-hybridized carbons (Fsp3) is 0.963. The van der Waals surface area contributed by atoms with Crippen molar-refractivity contribution in [2.75, 3.05) is 0 Å². The van der Waals surface area contributed by atoms with Crippen LogP contribution in [0.3, 0.4) is 0 Å². The molecule has 0 aromatic carbocycles. The minimum atomic E-state index is -0.743. The molecule has 0 saturated heterocycles. The fourth-order valence-corrected chi connectivity index (χ4v) is 9.71. The van der Waals surface area contributed by atoms with Gasteiger partial charge in [0.15, 0.2) is 0 Å². The van der Waals surface area contributed by atoms with Gasteiger partial charge in [0.2, 0.25) is 0 Å². The lowest BCUT2D eigenvalue weighted by Gasteiger charge is -2.65. The van der Waals surface area contributed by atoms with Crippen molar-refractivity contribution in [3.8, 4) is 0 Å². The predicted molar refractivity (Wildman–Crippen MR) is 124 cm³/mol. The van der Waals surface area contributed by atoms with E-state index >= 15 is 0 Å². The van der Waals surface area contributed by atoms with Gasteiger partial charge in [-0.05, 0) is 97.2 Å². The Balaban J connectivity index is 1.66. The molecule has 5 heteroatoms. The zero-order valence-corrected chi connectivity index (χ0v) is 20.7. The third-order valence-electron chi connectivity index (χ3n) is 11.4. The molecule has 5 unspecified atom stereocenters. The first kappa shape index (κ1) is 24.5. The quantitative estimate of drug-likeness (QED) is 0.500. The van der Waals surface area contributed by atoms with Crippen LogP contribution in [0.2, 0.25) is 0 Å². The summed E-state index contributed by atoms with van der Waals surface area (Å²) in [6.45, 7) is 10.8. The van der Waals surface area contributed by atoms with E-state index in [1.54, 1.807) is 6.92 Å². The number of hydrogen-bond acceptors (Lipinski definition) is 4. The number of fused-ring (bicyclic) bond motifs is 5. The fourth-order valence-electron chi connectivity index (χ4n) is 9.71. The molecule has 4 fully saturated rings. The molecule has 5 nitrogen and oxygen atoms in total. The number of rotatable bonds is 5. The Kier molecular flexibility index (Phi) is 6.53. The molecule has 0 amide bonds. The Morgan fingerprint density at radius 1 is 1.00 bits per heavy atom. The normalized spacial score (nSPS) is 52.4. The van der Waals surface area contributed by atoms with Crippen molar-refractivity contribution in [2.45, 2.75) is 104 Å². The molecule has 0 bridgehead atoms. The first-order valence-electron chi connectivity index (χ1n) is 13.2. The Labute approximate surface area is 194 Å². The van der Waals surface area contributed by atoms with E-state index in [0.717, 1.165) is 44.9 Å². The second-order valence-corrected chi connectivity index (χ2v) is 12.6. The van der Waals surface area contributed by atoms with Gasteiger partial charge in [-0.3, -0.25) is 4.79 Å². The summed E-state index contributed by atoms with van der Waals surface area (Å²) in [5, 5.41) is 43.3. The van der Waals surface area contributed by atoms with E-state index in [0.29, 0.717) is 12.3 Å². The molecule has 0 aromatic heterocycles. The van der Waals surface area contributed by atoms with Gasteiger partial charge in [-0.15, -0.1) is 0 Å². The van der Waals surface area contributed by atoms with Gasteiger partial charge in [0.25, 0.3) is 0 Å². The SMILES string of the molecule is CC[C@@H]1C2C[C@H](O)CCC2(C)[C@H]2C[C@H](O)C3(C)C([C@H](C)C[C@@H](C)C(=O)O)CC[C@H]3C2[C@@H]1O. The van der Waals surface area contributed by atoms with Gasteiger partial charge in [-0.25, -0.2) is 0 Å². The highest BCUT2D eigenvalue weighted by Crippen LogP contribution is 2.69. The van der Waals surface area contributed by atoms with E-state index in [4.69, 9.17) is 0 Å². The van der Waals surface area contributed by atoms with Crippen LogP contribution in [0.15, 0.2) is 0 Å². The smallest absolute Gasteiger partial charge is 0.306 e. The van der Waals surface area contributed by atoms with Crippen LogP contribution >= 0.6 is 0 Å². The van der Waals surface area contributed by atoms with Crippen LogP contribution < -0.4 is 0 Å². The number of hydrogen-bond donors (Lipinski definition) is 4. The lowest BCUT2D eigenvalue weighted by Crippen LogP contribution is -2.65. The van der Waals surface area contributed by atoms with Crippen molar-refractivity contribution in [3.05, 3.63) is 0 Å². The molecule has 13 atom stereocenters. The van der Waals surface area contributed by atoms with Crippen LogP contribution in [0, 0.1) is 58.2 Å². The summed E-state index contributed by atoms with van der Waals surface area (Å²) in [5.74, 6) is 0.687. The van der Waals surface area contributed by atoms with Crippen molar-refractivity contribution in [2.24, 2.45) is 58.2 Å². The highest BCUT2D eigenvalue weighted by molar-refractivity contribution is 5.69. The van der Waals surface area contributed by atoms with Crippen LogP contribution in [0.25, 0.3) is 0 Å². The molecule has 4 rings (SSSR count). The molecule has 0 heterocycles. The van der Waals surface area contributed by atoms with Gasteiger partial charge in [-0.2, -0.15) is 0 Å². The zero-order valence-electron chi connectivity index (χ0n) is 20.7. The van der Waals surface area contributed by atoms with Gasteiger partial charge in [-0.1, -0.05) is 41.0 Å². The number of carbonyl (C=O) groups is 1. The lowest BCUT2D eigenvalue weighted by molar-refractivity contribution is -0.228. The largest absolute Gasteiger partial charge is 0.481 e. The van der Waals surface area contributed by atoms with Crippen molar-refractivity contribution in [1.29, 1.82) is 0 Å². The zero-order chi connectivity index (χ0) is 23.6. The van der Waals surface area contributed by atoms with Gasteiger partial charge in [0.1, 0.15) is 0 Å². The first-order chi connectivity index (χ1) is 15.0. The van der Waals surface area contributed by atoms with Crippen LogP contribution in [0.4, 0.5) is 0 Å². The number of aliphatic hydroxyl groups excluding tert-OH is 3. The van der Waals surface area contributed by atoms with Gasteiger partial charge >= 0.3 is 5.97 Å². The molecule has 32 heavy (non-hydrogen) atoms.